The minimum Gasteiger partial charge on any atom is -0.326 e. The lowest BCUT2D eigenvalue weighted by molar-refractivity contribution is -0.115. The monoisotopic (exact) mass is 308 g/mol. The first-order valence-electron chi connectivity index (χ1n) is 7.15. The summed E-state index contributed by atoms with van der Waals surface area (Å²) in [5, 5.41) is 5.47. The van der Waals surface area contributed by atoms with Gasteiger partial charge in [0.15, 0.2) is 0 Å². The van der Waals surface area contributed by atoms with Crippen molar-refractivity contribution < 1.29 is 9.59 Å². The van der Waals surface area contributed by atoms with Crippen molar-refractivity contribution in [3.05, 3.63) is 48.8 Å². The van der Waals surface area contributed by atoms with E-state index in [1.165, 1.54) is 13.8 Å². The highest BCUT2D eigenvalue weighted by Gasteiger charge is 2.06. The van der Waals surface area contributed by atoms with Crippen LogP contribution in [0.1, 0.15) is 13.8 Å². The van der Waals surface area contributed by atoms with Crippen molar-refractivity contribution >= 4 is 28.8 Å². The van der Waals surface area contributed by atoms with E-state index in [1.807, 2.05) is 53.2 Å². The number of hydrogen-bond acceptors (Lipinski definition) is 3. The minimum atomic E-state index is -0.113. The molecule has 0 bridgehead atoms. The normalized spacial score (nSPS) is 10.5. The molecular weight excluding hydrogens is 292 g/mol. The van der Waals surface area contributed by atoms with Crippen LogP contribution < -0.4 is 10.6 Å². The Morgan fingerprint density at radius 3 is 2.13 bits per heavy atom. The SMILES string of the molecule is CC(=O)Nc1ccc(-c2cn3cc(NC(C)=O)ccc3n2)cc1. The molecule has 1 aromatic carbocycles. The molecule has 2 amide bonds. The van der Waals surface area contributed by atoms with E-state index in [-0.39, 0.29) is 11.8 Å². The summed E-state index contributed by atoms with van der Waals surface area (Å²) in [6.45, 7) is 2.95. The van der Waals surface area contributed by atoms with Crippen molar-refractivity contribution in [3.63, 3.8) is 0 Å². The lowest BCUT2D eigenvalue weighted by Crippen LogP contribution is -2.06. The zero-order chi connectivity index (χ0) is 16.4. The Morgan fingerprint density at radius 2 is 1.48 bits per heavy atom. The van der Waals surface area contributed by atoms with Gasteiger partial charge >= 0.3 is 0 Å². The average Bonchev–Trinajstić information content (AvgIpc) is 2.90. The lowest BCUT2D eigenvalue weighted by atomic mass is 10.1. The predicted octanol–water partition coefficient (Wildman–Crippen LogP) is 2.92. The highest BCUT2D eigenvalue weighted by molar-refractivity contribution is 5.89. The quantitative estimate of drug-likeness (QED) is 0.781. The fraction of sp³-hybridized carbons (Fsp3) is 0.118. The molecule has 3 aromatic rings. The third kappa shape index (κ3) is 3.37. The van der Waals surface area contributed by atoms with E-state index < -0.39 is 0 Å². The van der Waals surface area contributed by atoms with Crippen molar-refractivity contribution in [2.45, 2.75) is 13.8 Å². The third-order valence-corrected chi connectivity index (χ3v) is 3.27. The van der Waals surface area contributed by atoms with Crippen molar-refractivity contribution in [2.75, 3.05) is 10.6 Å². The molecule has 0 aliphatic heterocycles. The molecule has 0 atom stereocenters. The average molecular weight is 308 g/mol. The van der Waals surface area contributed by atoms with Crippen LogP contribution in [0, 0.1) is 0 Å². The molecule has 2 heterocycles. The molecule has 116 valence electrons. The minimum absolute atomic E-state index is 0.101. The Bertz CT molecular complexity index is 881. The maximum Gasteiger partial charge on any atom is 0.221 e. The highest BCUT2D eigenvalue weighted by Crippen LogP contribution is 2.22. The maximum atomic E-state index is 11.1. The fourth-order valence-electron chi connectivity index (χ4n) is 2.34. The second-order valence-electron chi connectivity index (χ2n) is 5.25. The Hall–Kier alpha value is -3.15. The van der Waals surface area contributed by atoms with Gasteiger partial charge in [0.2, 0.25) is 11.8 Å². The van der Waals surface area contributed by atoms with Gasteiger partial charge in [0.1, 0.15) is 5.65 Å². The summed E-state index contributed by atoms with van der Waals surface area (Å²) in [6.07, 6.45) is 3.72. The van der Waals surface area contributed by atoms with E-state index in [1.54, 1.807) is 0 Å². The number of pyridine rings is 1. The number of carbonyl (C=O) groups excluding carboxylic acids is 2. The molecule has 3 rings (SSSR count). The molecule has 23 heavy (non-hydrogen) atoms. The molecule has 0 saturated carbocycles. The number of carbonyl (C=O) groups is 2. The first-order chi connectivity index (χ1) is 11.0. The first-order valence-corrected chi connectivity index (χ1v) is 7.15. The van der Waals surface area contributed by atoms with Crippen LogP contribution in [-0.2, 0) is 9.59 Å². The maximum absolute atomic E-state index is 11.1. The van der Waals surface area contributed by atoms with Crippen molar-refractivity contribution in [3.8, 4) is 11.3 Å². The Balaban J connectivity index is 1.90. The van der Waals surface area contributed by atoms with Gasteiger partial charge in [0.25, 0.3) is 0 Å². The Morgan fingerprint density at radius 1 is 0.870 bits per heavy atom. The number of amides is 2. The van der Waals surface area contributed by atoms with Crippen LogP contribution in [-0.4, -0.2) is 21.2 Å². The van der Waals surface area contributed by atoms with Gasteiger partial charge in [0, 0.05) is 37.5 Å². The predicted molar refractivity (Wildman–Crippen MR) is 89.2 cm³/mol. The van der Waals surface area contributed by atoms with E-state index in [0.717, 1.165) is 28.3 Å². The summed E-state index contributed by atoms with van der Waals surface area (Å²) >= 11 is 0. The molecular formula is C17H16N4O2. The number of nitrogens with zero attached hydrogens (tertiary/aromatic N) is 2. The van der Waals surface area contributed by atoms with Crippen LogP contribution in [0.2, 0.25) is 0 Å². The van der Waals surface area contributed by atoms with Gasteiger partial charge in [-0.2, -0.15) is 0 Å². The van der Waals surface area contributed by atoms with Crippen LogP contribution in [0.3, 0.4) is 0 Å². The molecule has 0 aliphatic rings. The van der Waals surface area contributed by atoms with Crippen LogP contribution in [0.15, 0.2) is 48.8 Å². The molecule has 6 heteroatoms. The van der Waals surface area contributed by atoms with Gasteiger partial charge in [-0.15, -0.1) is 0 Å². The molecule has 2 N–H and O–H groups in total. The molecule has 0 radical (unpaired) electrons. The van der Waals surface area contributed by atoms with Gasteiger partial charge < -0.3 is 15.0 Å². The molecule has 0 spiro atoms. The summed E-state index contributed by atoms with van der Waals surface area (Å²) in [5.74, 6) is -0.214. The van der Waals surface area contributed by atoms with Gasteiger partial charge in [-0.1, -0.05) is 12.1 Å². The van der Waals surface area contributed by atoms with Crippen LogP contribution in [0.5, 0.6) is 0 Å². The topological polar surface area (TPSA) is 75.5 Å². The summed E-state index contributed by atoms with van der Waals surface area (Å²) in [6, 6.07) is 11.1. The van der Waals surface area contributed by atoms with E-state index in [2.05, 4.69) is 15.6 Å². The number of fused-ring (bicyclic) bond motifs is 1. The van der Waals surface area contributed by atoms with E-state index in [4.69, 9.17) is 0 Å². The number of nitrogens with one attached hydrogen (secondary N) is 2. The van der Waals surface area contributed by atoms with Crippen LogP contribution >= 0.6 is 0 Å². The van der Waals surface area contributed by atoms with Crippen molar-refractivity contribution in [1.29, 1.82) is 0 Å². The summed E-state index contributed by atoms with van der Waals surface area (Å²) in [5.41, 5.74) is 4.02. The molecule has 2 aromatic heterocycles. The second kappa shape index (κ2) is 5.92. The molecule has 6 nitrogen and oxygen atoms in total. The van der Waals surface area contributed by atoms with Crippen molar-refractivity contribution in [2.24, 2.45) is 0 Å². The summed E-state index contributed by atoms with van der Waals surface area (Å²) < 4.78 is 1.86. The van der Waals surface area contributed by atoms with Crippen LogP contribution in [0.25, 0.3) is 16.9 Å². The van der Waals surface area contributed by atoms with Crippen LogP contribution in [0.4, 0.5) is 11.4 Å². The van der Waals surface area contributed by atoms with Gasteiger partial charge in [-0.25, -0.2) is 4.98 Å². The zero-order valence-electron chi connectivity index (χ0n) is 12.8. The van der Waals surface area contributed by atoms with Gasteiger partial charge in [-0.05, 0) is 24.3 Å². The smallest absolute Gasteiger partial charge is 0.221 e. The number of benzene rings is 1. The largest absolute Gasteiger partial charge is 0.326 e. The molecule has 0 aliphatic carbocycles. The van der Waals surface area contributed by atoms with Gasteiger partial charge in [-0.3, -0.25) is 9.59 Å². The standard InChI is InChI=1S/C17H16N4O2/c1-11(22)18-14-5-3-13(4-6-14)16-10-21-9-15(19-12(2)23)7-8-17(21)20-16/h3-10H,1-2H3,(H,18,22)(H,19,23). The lowest BCUT2D eigenvalue weighted by Gasteiger charge is -2.02. The van der Waals surface area contributed by atoms with E-state index in [9.17, 15) is 9.59 Å². The third-order valence-electron chi connectivity index (χ3n) is 3.27. The second-order valence-corrected chi connectivity index (χ2v) is 5.25. The highest BCUT2D eigenvalue weighted by atomic mass is 16.2. The zero-order valence-corrected chi connectivity index (χ0v) is 12.8. The number of aromatic nitrogens is 2. The van der Waals surface area contributed by atoms with Gasteiger partial charge in [0.05, 0.1) is 11.4 Å². The molecule has 0 fully saturated rings. The number of rotatable bonds is 3. The van der Waals surface area contributed by atoms with E-state index >= 15 is 0 Å². The molecule has 0 unspecified atom stereocenters. The first kappa shape index (κ1) is 14.8. The Labute approximate surface area is 133 Å². The number of hydrogen-bond donors (Lipinski definition) is 2. The van der Waals surface area contributed by atoms with E-state index in [0.29, 0.717) is 0 Å². The number of imidazole rings is 1. The summed E-state index contributed by atoms with van der Waals surface area (Å²) in [4.78, 5) is 26.7. The summed E-state index contributed by atoms with van der Waals surface area (Å²) in [7, 11) is 0. The number of anilines is 2. The fourth-order valence-corrected chi connectivity index (χ4v) is 2.34. The Kier molecular flexibility index (Phi) is 3.80. The molecule has 0 saturated heterocycles. The van der Waals surface area contributed by atoms with Crippen molar-refractivity contribution in [1.82, 2.24) is 9.38 Å².